The van der Waals surface area contributed by atoms with Crippen molar-refractivity contribution >= 4 is 28.2 Å². The maximum atomic E-state index is 11.9. The van der Waals surface area contributed by atoms with E-state index in [9.17, 15) is 9.59 Å². The number of ether oxygens (including phenoxy) is 1. The van der Waals surface area contributed by atoms with Crippen molar-refractivity contribution in [3.05, 3.63) is 17.0 Å². The normalized spacial score (nSPS) is 12.3. The highest BCUT2D eigenvalue weighted by Crippen LogP contribution is 2.24. The second kappa shape index (κ2) is 7.25. The molecule has 19 heavy (non-hydrogen) atoms. The fraction of sp³-hybridized carbons (Fsp3) is 0.538. The molecule has 0 unspecified atom stereocenters. The van der Waals surface area contributed by atoms with Crippen molar-refractivity contribution in [1.29, 1.82) is 0 Å². The molecule has 5 nitrogen and oxygen atoms in total. The Hall–Kier alpha value is -1.40. The minimum atomic E-state index is -0.572. The molecule has 106 valence electrons. The summed E-state index contributed by atoms with van der Waals surface area (Å²) < 4.78 is 4.92. The number of carbonyl (C=O) groups excluding carboxylic acids is 2. The summed E-state index contributed by atoms with van der Waals surface area (Å²) in [4.78, 5) is 23.6. The zero-order valence-corrected chi connectivity index (χ0v) is 12.3. The van der Waals surface area contributed by atoms with E-state index >= 15 is 0 Å². The molecule has 1 amide bonds. The summed E-state index contributed by atoms with van der Waals surface area (Å²) in [6.07, 6.45) is 0.603. The minimum Gasteiger partial charge on any atom is -0.462 e. The van der Waals surface area contributed by atoms with Crippen LogP contribution in [0.3, 0.4) is 0 Å². The van der Waals surface area contributed by atoms with Gasteiger partial charge in [0.15, 0.2) is 0 Å². The maximum absolute atomic E-state index is 11.9. The predicted octanol–water partition coefficient (Wildman–Crippen LogP) is 2.24. The van der Waals surface area contributed by atoms with Crippen LogP contribution in [-0.4, -0.2) is 24.5 Å². The van der Waals surface area contributed by atoms with Crippen LogP contribution in [-0.2, 0) is 9.53 Å². The fourth-order valence-corrected chi connectivity index (χ4v) is 2.37. The number of nitrogens with one attached hydrogen (secondary N) is 1. The van der Waals surface area contributed by atoms with Crippen molar-refractivity contribution in [3.63, 3.8) is 0 Å². The summed E-state index contributed by atoms with van der Waals surface area (Å²) in [6.45, 7) is 6.04. The Kier molecular flexibility index (Phi) is 5.98. The number of carbonyl (C=O) groups is 2. The van der Waals surface area contributed by atoms with Gasteiger partial charge in [-0.3, -0.25) is 4.79 Å². The molecule has 1 atom stereocenters. The molecule has 0 saturated carbocycles. The number of hydrogen-bond donors (Lipinski definition) is 2. The SMILES string of the molecule is CCOC(=O)c1ccsc1NC(=O)[C@H](N)CC(C)C. The first-order valence-corrected chi connectivity index (χ1v) is 7.14. The Morgan fingerprint density at radius 2 is 2.16 bits per heavy atom. The Bertz CT molecular complexity index is 443. The first-order valence-electron chi connectivity index (χ1n) is 6.26. The van der Waals surface area contributed by atoms with E-state index in [0.29, 0.717) is 29.5 Å². The molecule has 1 aromatic rings. The number of anilines is 1. The summed E-state index contributed by atoms with van der Waals surface area (Å²) in [5.41, 5.74) is 6.17. The third-order valence-electron chi connectivity index (χ3n) is 2.46. The third-order valence-corrected chi connectivity index (χ3v) is 3.29. The van der Waals surface area contributed by atoms with Crippen molar-refractivity contribution in [2.75, 3.05) is 11.9 Å². The number of amides is 1. The highest BCUT2D eigenvalue weighted by molar-refractivity contribution is 7.14. The van der Waals surface area contributed by atoms with Gasteiger partial charge in [0.1, 0.15) is 5.00 Å². The molecule has 0 aliphatic rings. The fourth-order valence-electron chi connectivity index (χ4n) is 1.60. The molecule has 1 rings (SSSR count). The largest absolute Gasteiger partial charge is 0.462 e. The van der Waals surface area contributed by atoms with Gasteiger partial charge in [-0.15, -0.1) is 11.3 Å². The number of esters is 1. The van der Waals surface area contributed by atoms with Crippen molar-refractivity contribution in [3.8, 4) is 0 Å². The van der Waals surface area contributed by atoms with Crippen LogP contribution in [0.15, 0.2) is 11.4 Å². The Balaban J connectivity index is 2.70. The van der Waals surface area contributed by atoms with Crippen molar-refractivity contribution in [2.45, 2.75) is 33.2 Å². The van der Waals surface area contributed by atoms with Crippen molar-refractivity contribution in [1.82, 2.24) is 0 Å². The zero-order valence-electron chi connectivity index (χ0n) is 11.4. The van der Waals surface area contributed by atoms with Crippen LogP contribution in [0, 0.1) is 5.92 Å². The molecule has 0 bridgehead atoms. The summed E-state index contributed by atoms with van der Waals surface area (Å²) in [7, 11) is 0. The maximum Gasteiger partial charge on any atom is 0.341 e. The second-order valence-electron chi connectivity index (χ2n) is 4.61. The Labute approximate surface area is 117 Å². The summed E-state index contributed by atoms with van der Waals surface area (Å²) >= 11 is 1.28. The topological polar surface area (TPSA) is 81.4 Å². The number of thiophene rings is 1. The van der Waals surface area contributed by atoms with E-state index in [1.165, 1.54) is 11.3 Å². The number of hydrogen-bond acceptors (Lipinski definition) is 5. The molecule has 1 heterocycles. The number of nitrogens with two attached hydrogens (primary N) is 1. The molecule has 0 fully saturated rings. The molecule has 0 aromatic carbocycles. The van der Waals surface area contributed by atoms with E-state index in [2.05, 4.69) is 5.32 Å². The molecule has 0 radical (unpaired) electrons. The smallest absolute Gasteiger partial charge is 0.341 e. The van der Waals surface area contributed by atoms with E-state index in [0.717, 1.165) is 0 Å². The first-order chi connectivity index (χ1) is 8.95. The third kappa shape index (κ3) is 4.65. The minimum absolute atomic E-state index is 0.276. The van der Waals surface area contributed by atoms with Crippen LogP contribution >= 0.6 is 11.3 Å². The second-order valence-corrected chi connectivity index (χ2v) is 5.53. The summed E-state index contributed by atoms with van der Waals surface area (Å²) in [6, 6.07) is 1.06. The van der Waals surface area contributed by atoms with Gasteiger partial charge < -0.3 is 15.8 Å². The molecular weight excluding hydrogens is 264 g/mol. The molecule has 6 heteroatoms. The molecule has 0 spiro atoms. The van der Waals surface area contributed by atoms with Gasteiger partial charge in [-0.2, -0.15) is 0 Å². The monoisotopic (exact) mass is 284 g/mol. The molecule has 1 aromatic heterocycles. The van der Waals surface area contributed by atoms with E-state index < -0.39 is 12.0 Å². The lowest BCUT2D eigenvalue weighted by atomic mass is 10.0. The van der Waals surface area contributed by atoms with E-state index in [1.807, 2.05) is 13.8 Å². The highest BCUT2D eigenvalue weighted by atomic mass is 32.1. The lowest BCUT2D eigenvalue weighted by molar-refractivity contribution is -0.117. The van der Waals surface area contributed by atoms with Gasteiger partial charge in [-0.1, -0.05) is 13.8 Å². The quantitative estimate of drug-likeness (QED) is 0.785. The van der Waals surface area contributed by atoms with Crippen molar-refractivity contribution in [2.24, 2.45) is 11.7 Å². The van der Waals surface area contributed by atoms with E-state index in [4.69, 9.17) is 10.5 Å². The van der Waals surface area contributed by atoms with Gasteiger partial charge in [0.05, 0.1) is 18.2 Å². The zero-order chi connectivity index (χ0) is 14.4. The van der Waals surface area contributed by atoms with E-state index in [-0.39, 0.29) is 5.91 Å². The van der Waals surface area contributed by atoms with Gasteiger partial charge in [0.2, 0.25) is 5.91 Å². The summed E-state index contributed by atoms with van der Waals surface area (Å²) in [5.74, 6) is -0.369. The average molecular weight is 284 g/mol. The van der Waals surface area contributed by atoms with Gasteiger partial charge in [0, 0.05) is 0 Å². The molecule has 0 saturated heterocycles. The van der Waals surface area contributed by atoms with Gasteiger partial charge in [-0.05, 0) is 30.7 Å². The average Bonchev–Trinajstić information content (AvgIpc) is 2.76. The van der Waals surface area contributed by atoms with Crippen LogP contribution in [0.4, 0.5) is 5.00 Å². The van der Waals surface area contributed by atoms with Crippen LogP contribution in [0.5, 0.6) is 0 Å². The molecule has 0 aliphatic heterocycles. The Morgan fingerprint density at radius 3 is 2.74 bits per heavy atom. The highest BCUT2D eigenvalue weighted by Gasteiger charge is 2.20. The van der Waals surface area contributed by atoms with Crippen LogP contribution in [0.25, 0.3) is 0 Å². The summed E-state index contributed by atoms with van der Waals surface area (Å²) in [5, 5.41) is 4.91. The van der Waals surface area contributed by atoms with Crippen LogP contribution < -0.4 is 11.1 Å². The van der Waals surface area contributed by atoms with E-state index in [1.54, 1.807) is 18.4 Å². The Morgan fingerprint density at radius 1 is 1.47 bits per heavy atom. The van der Waals surface area contributed by atoms with Gasteiger partial charge in [0.25, 0.3) is 0 Å². The lowest BCUT2D eigenvalue weighted by Crippen LogP contribution is -2.36. The number of rotatable bonds is 6. The lowest BCUT2D eigenvalue weighted by Gasteiger charge is -2.14. The molecular formula is C13H20N2O3S. The van der Waals surface area contributed by atoms with Gasteiger partial charge >= 0.3 is 5.97 Å². The van der Waals surface area contributed by atoms with Crippen molar-refractivity contribution < 1.29 is 14.3 Å². The van der Waals surface area contributed by atoms with Crippen LogP contribution in [0.2, 0.25) is 0 Å². The molecule has 0 aliphatic carbocycles. The van der Waals surface area contributed by atoms with Gasteiger partial charge in [-0.25, -0.2) is 4.79 Å². The predicted molar refractivity (Wildman–Crippen MR) is 76.3 cm³/mol. The molecule has 3 N–H and O–H groups in total. The van der Waals surface area contributed by atoms with Crippen LogP contribution in [0.1, 0.15) is 37.6 Å². The standard InChI is InChI=1S/C13H20N2O3S/c1-4-18-13(17)9-5-6-19-12(9)15-11(16)10(14)7-8(2)3/h5-6,8,10H,4,7,14H2,1-3H3,(H,15,16)/t10-/m1/s1. The first kappa shape index (κ1) is 15.7.